The van der Waals surface area contributed by atoms with Crippen LogP contribution in [0.4, 0.5) is 0 Å². The normalized spacial score (nSPS) is 11.8. The largest absolute Gasteiger partial charge is 0.348 e. The summed E-state index contributed by atoms with van der Waals surface area (Å²) >= 11 is 0. The molecule has 1 amide bonds. The Kier molecular flexibility index (Phi) is 4.45. The molecule has 86 valence electrons. The first-order chi connectivity index (χ1) is 7.69. The van der Waals surface area contributed by atoms with Gasteiger partial charge in [-0.1, -0.05) is 13.3 Å². The van der Waals surface area contributed by atoms with Crippen molar-refractivity contribution in [2.75, 3.05) is 0 Å². The molecule has 1 aromatic rings. The lowest BCUT2D eigenvalue weighted by Crippen LogP contribution is -2.30. The van der Waals surface area contributed by atoms with Crippen LogP contribution in [-0.4, -0.2) is 20.7 Å². The van der Waals surface area contributed by atoms with Crippen LogP contribution < -0.4 is 5.32 Å². The van der Waals surface area contributed by atoms with Crippen molar-refractivity contribution < 1.29 is 4.79 Å². The Bertz CT molecular complexity index is 392. The Labute approximate surface area is 94.3 Å². The van der Waals surface area contributed by atoms with Gasteiger partial charge in [-0.2, -0.15) is 5.26 Å². The molecular weight excluding hydrogens is 206 g/mol. The lowest BCUT2D eigenvalue weighted by atomic mass is 10.1. The summed E-state index contributed by atoms with van der Waals surface area (Å²) < 4.78 is 1.72. The number of nitriles is 1. The molecule has 0 radical (unpaired) electrons. The van der Waals surface area contributed by atoms with E-state index in [1.54, 1.807) is 17.9 Å². The fourth-order valence-corrected chi connectivity index (χ4v) is 1.30. The third-order valence-electron chi connectivity index (χ3n) is 2.28. The van der Waals surface area contributed by atoms with Gasteiger partial charge in [-0.3, -0.25) is 4.79 Å². The number of nitrogens with one attached hydrogen (secondary N) is 1. The summed E-state index contributed by atoms with van der Waals surface area (Å²) in [6.07, 6.45) is 2.96. The number of carbonyl (C=O) groups is 1. The van der Waals surface area contributed by atoms with Crippen LogP contribution >= 0.6 is 0 Å². The minimum atomic E-state index is -0.571. The molecule has 1 unspecified atom stereocenters. The first-order valence-corrected chi connectivity index (χ1v) is 5.19. The van der Waals surface area contributed by atoms with Gasteiger partial charge in [0.25, 0.3) is 0 Å². The summed E-state index contributed by atoms with van der Waals surface area (Å²) in [7, 11) is 1.80. The molecule has 1 N–H and O–H groups in total. The third-order valence-corrected chi connectivity index (χ3v) is 2.28. The molecule has 6 heteroatoms. The van der Waals surface area contributed by atoms with Gasteiger partial charge in [0.2, 0.25) is 5.91 Å². The molecule has 0 spiro atoms. The zero-order chi connectivity index (χ0) is 12.0. The molecule has 0 aliphatic rings. The third kappa shape index (κ3) is 3.05. The van der Waals surface area contributed by atoms with Crippen molar-refractivity contribution in [3.8, 4) is 6.07 Å². The lowest BCUT2D eigenvalue weighted by molar-refractivity contribution is -0.123. The van der Waals surface area contributed by atoms with Crippen LogP contribution in [0.3, 0.4) is 0 Å². The summed E-state index contributed by atoms with van der Waals surface area (Å²) in [6.45, 7) is 2.25. The standard InChI is InChI=1S/C10H15N5O/c1-3-4-8(5-11)10(16)12-6-9-14-13-7-15(9)2/h7-8H,3-4,6H2,1-2H3,(H,12,16). The number of rotatable bonds is 5. The predicted octanol–water partition coefficient (Wildman–Crippen LogP) is 0.371. The molecular formula is C10H15N5O. The minimum absolute atomic E-state index is 0.243. The number of aryl methyl sites for hydroxylation is 1. The van der Waals surface area contributed by atoms with Gasteiger partial charge in [-0.15, -0.1) is 10.2 Å². The molecule has 0 fully saturated rings. The monoisotopic (exact) mass is 221 g/mol. The van der Waals surface area contributed by atoms with E-state index in [2.05, 4.69) is 15.5 Å². The van der Waals surface area contributed by atoms with Crippen LogP contribution in [0, 0.1) is 17.2 Å². The summed E-state index contributed by atoms with van der Waals surface area (Å²) in [5, 5.41) is 19.0. The zero-order valence-corrected chi connectivity index (χ0v) is 9.47. The van der Waals surface area contributed by atoms with Gasteiger partial charge in [-0.05, 0) is 6.42 Å². The fourth-order valence-electron chi connectivity index (χ4n) is 1.30. The maximum absolute atomic E-state index is 11.6. The molecule has 0 saturated carbocycles. The highest BCUT2D eigenvalue weighted by Crippen LogP contribution is 2.05. The first kappa shape index (κ1) is 12.2. The maximum Gasteiger partial charge on any atom is 0.237 e. The van der Waals surface area contributed by atoms with Crippen molar-refractivity contribution in [3.05, 3.63) is 12.2 Å². The molecule has 6 nitrogen and oxygen atoms in total. The highest BCUT2D eigenvalue weighted by molar-refractivity contribution is 5.80. The van der Waals surface area contributed by atoms with Crippen LogP contribution in [0.1, 0.15) is 25.6 Å². The Balaban J connectivity index is 2.46. The van der Waals surface area contributed by atoms with Gasteiger partial charge >= 0.3 is 0 Å². The van der Waals surface area contributed by atoms with Gasteiger partial charge in [-0.25, -0.2) is 0 Å². The molecule has 16 heavy (non-hydrogen) atoms. The molecule has 1 atom stereocenters. The van der Waals surface area contributed by atoms with Crippen molar-refractivity contribution in [2.24, 2.45) is 13.0 Å². The van der Waals surface area contributed by atoms with E-state index in [1.165, 1.54) is 0 Å². The van der Waals surface area contributed by atoms with Crippen LogP contribution in [0.5, 0.6) is 0 Å². The average Bonchev–Trinajstić information content (AvgIpc) is 2.68. The lowest BCUT2D eigenvalue weighted by Gasteiger charge is -2.08. The summed E-state index contributed by atoms with van der Waals surface area (Å²) in [6, 6.07) is 1.99. The summed E-state index contributed by atoms with van der Waals surface area (Å²) in [4.78, 5) is 11.6. The fraction of sp³-hybridized carbons (Fsp3) is 0.600. The molecule has 0 aromatic carbocycles. The summed E-state index contributed by atoms with van der Waals surface area (Å²) in [5.41, 5.74) is 0. The number of amides is 1. The SMILES string of the molecule is CCCC(C#N)C(=O)NCc1nncn1C. The molecule has 1 heterocycles. The molecule has 0 saturated heterocycles. The highest BCUT2D eigenvalue weighted by atomic mass is 16.1. The van der Waals surface area contributed by atoms with E-state index >= 15 is 0 Å². The van der Waals surface area contributed by atoms with E-state index in [4.69, 9.17) is 5.26 Å². The van der Waals surface area contributed by atoms with E-state index in [9.17, 15) is 4.79 Å². The maximum atomic E-state index is 11.6. The second-order valence-corrected chi connectivity index (χ2v) is 3.55. The number of hydrogen-bond acceptors (Lipinski definition) is 4. The van der Waals surface area contributed by atoms with Crippen LogP contribution in [0.15, 0.2) is 6.33 Å². The molecule has 0 aliphatic carbocycles. The van der Waals surface area contributed by atoms with E-state index in [0.717, 1.165) is 6.42 Å². The zero-order valence-electron chi connectivity index (χ0n) is 9.47. The Morgan fingerprint density at radius 1 is 1.75 bits per heavy atom. The Morgan fingerprint density at radius 2 is 2.50 bits per heavy atom. The second kappa shape index (κ2) is 5.85. The number of nitrogens with zero attached hydrogens (tertiary/aromatic N) is 4. The van der Waals surface area contributed by atoms with Crippen molar-refractivity contribution in [3.63, 3.8) is 0 Å². The van der Waals surface area contributed by atoms with Crippen molar-refractivity contribution >= 4 is 5.91 Å². The van der Waals surface area contributed by atoms with E-state index in [1.807, 2.05) is 13.0 Å². The van der Waals surface area contributed by atoms with Crippen molar-refractivity contribution in [1.82, 2.24) is 20.1 Å². The second-order valence-electron chi connectivity index (χ2n) is 3.55. The predicted molar refractivity (Wildman–Crippen MR) is 56.9 cm³/mol. The van der Waals surface area contributed by atoms with Gasteiger partial charge in [0, 0.05) is 7.05 Å². The molecule has 0 aliphatic heterocycles. The van der Waals surface area contributed by atoms with E-state index in [0.29, 0.717) is 18.8 Å². The molecule has 0 bridgehead atoms. The van der Waals surface area contributed by atoms with Crippen LogP contribution in [0.25, 0.3) is 0 Å². The number of aromatic nitrogens is 3. The molecule has 1 aromatic heterocycles. The van der Waals surface area contributed by atoms with Crippen molar-refractivity contribution in [1.29, 1.82) is 5.26 Å². The highest BCUT2D eigenvalue weighted by Gasteiger charge is 2.16. The first-order valence-electron chi connectivity index (χ1n) is 5.19. The number of hydrogen-bond donors (Lipinski definition) is 1. The van der Waals surface area contributed by atoms with Crippen LogP contribution in [-0.2, 0) is 18.4 Å². The summed E-state index contributed by atoms with van der Waals surface area (Å²) in [5.74, 6) is -0.146. The smallest absolute Gasteiger partial charge is 0.237 e. The van der Waals surface area contributed by atoms with E-state index < -0.39 is 5.92 Å². The quantitative estimate of drug-likeness (QED) is 0.778. The van der Waals surface area contributed by atoms with E-state index in [-0.39, 0.29) is 5.91 Å². The van der Waals surface area contributed by atoms with Gasteiger partial charge in [0.05, 0.1) is 12.6 Å². The minimum Gasteiger partial charge on any atom is -0.348 e. The van der Waals surface area contributed by atoms with Gasteiger partial charge in [0.15, 0.2) is 5.82 Å². The number of carbonyl (C=O) groups excluding carboxylic acids is 1. The van der Waals surface area contributed by atoms with Crippen LogP contribution in [0.2, 0.25) is 0 Å². The van der Waals surface area contributed by atoms with Gasteiger partial charge < -0.3 is 9.88 Å². The van der Waals surface area contributed by atoms with Crippen molar-refractivity contribution in [2.45, 2.75) is 26.3 Å². The Morgan fingerprint density at radius 3 is 3.00 bits per heavy atom. The topological polar surface area (TPSA) is 83.6 Å². The average molecular weight is 221 g/mol. The Hall–Kier alpha value is -1.90. The molecule has 1 rings (SSSR count). The van der Waals surface area contributed by atoms with Gasteiger partial charge in [0.1, 0.15) is 12.2 Å².